The first-order valence-corrected chi connectivity index (χ1v) is 8.06. The van der Waals surface area contributed by atoms with Crippen LogP contribution in [0.15, 0.2) is 29.2 Å². The van der Waals surface area contributed by atoms with E-state index in [1.807, 2.05) is 0 Å². The molecule has 0 saturated carbocycles. The lowest BCUT2D eigenvalue weighted by Crippen LogP contribution is -1.88. The summed E-state index contributed by atoms with van der Waals surface area (Å²) in [6, 6.07) is 8.61. The number of hydrogen-bond donors (Lipinski definition) is 0. The van der Waals surface area contributed by atoms with Gasteiger partial charge in [0.25, 0.3) is 0 Å². The molecule has 1 unspecified atom stereocenters. The molecule has 0 nitrogen and oxygen atoms in total. The molecule has 1 aromatic rings. The zero-order valence-corrected chi connectivity index (χ0v) is 9.60. The van der Waals surface area contributed by atoms with Crippen LogP contribution in [0.25, 0.3) is 0 Å². The van der Waals surface area contributed by atoms with Gasteiger partial charge in [-0.3, -0.25) is 0 Å². The summed E-state index contributed by atoms with van der Waals surface area (Å²) in [5.74, 6) is 0. The van der Waals surface area contributed by atoms with Gasteiger partial charge in [0.05, 0.1) is 0 Å². The highest BCUT2D eigenvalue weighted by Crippen LogP contribution is 2.26. The normalized spacial score (nSPS) is 11.4. The Morgan fingerprint density at radius 1 is 1.36 bits per heavy atom. The van der Waals surface area contributed by atoms with Crippen molar-refractivity contribution in [3.63, 3.8) is 0 Å². The fourth-order valence-corrected chi connectivity index (χ4v) is 3.26. The van der Waals surface area contributed by atoms with Crippen LogP contribution in [0.2, 0.25) is 0 Å². The van der Waals surface area contributed by atoms with Crippen molar-refractivity contribution in [1.29, 1.82) is 0 Å². The van der Waals surface area contributed by atoms with Crippen molar-refractivity contribution in [3.8, 4) is 0 Å². The van der Waals surface area contributed by atoms with Crippen LogP contribution in [0, 0.1) is 0 Å². The van der Waals surface area contributed by atoms with Crippen LogP contribution in [0.4, 0.5) is 0 Å². The van der Waals surface area contributed by atoms with E-state index in [1.165, 1.54) is 10.2 Å². The molecule has 0 heterocycles. The maximum absolute atomic E-state index is 4.87. The Kier molecular flexibility index (Phi) is 4.56. The Bertz CT molecular complexity index is 233. The van der Waals surface area contributed by atoms with Crippen molar-refractivity contribution in [2.24, 2.45) is 0 Å². The van der Waals surface area contributed by atoms with Crippen LogP contribution in [0.1, 0.15) is 0 Å². The first-order chi connectivity index (χ1) is 5.36. The average Bonchev–Trinajstić information content (AvgIpc) is 2.07. The summed E-state index contributed by atoms with van der Waals surface area (Å²) in [5, 5.41) is 1.36. The highest BCUT2D eigenvalue weighted by Gasteiger charge is 1.90. The van der Waals surface area contributed by atoms with Crippen LogP contribution >= 0.6 is 27.1 Å². The Morgan fingerprint density at radius 2 is 2.00 bits per heavy atom. The minimum Gasteiger partial charge on any atom is -0.130 e. The summed E-state index contributed by atoms with van der Waals surface area (Å²) < 4.78 is 0. The summed E-state index contributed by atoms with van der Waals surface area (Å²) in [6.45, 7) is 0. The molecular formula is C7H8P2S2. The molecule has 0 N–H and O–H groups in total. The van der Waals surface area contributed by atoms with Gasteiger partial charge in [-0.15, -0.1) is 11.8 Å². The summed E-state index contributed by atoms with van der Waals surface area (Å²) in [6.07, 6.45) is 2.09. The van der Waals surface area contributed by atoms with Gasteiger partial charge in [0.1, 0.15) is 0 Å². The number of hydrogen-bond acceptors (Lipinski definition) is 2. The molecule has 0 spiro atoms. The summed E-state index contributed by atoms with van der Waals surface area (Å²) >= 11 is 6.64. The molecule has 0 aliphatic heterocycles. The number of thioether (sulfide) groups is 1. The van der Waals surface area contributed by atoms with Gasteiger partial charge in [-0.1, -0.05) is 23.9 Å². The lowest BCUT2D eigenvalue weighted by Gasteiger charge is -1.96. The van der Waals surface area contributed by atoms with Gasteiger partial charge in [0.15, 0.2) is 0 Å². The zero-order valence-electron chi connectivity index (χ0n) is 6.07. The zero-order chi connectivity index (χ0) is 8.10. The van der Waals surface area contributed by atoms with Gasteiger partial charge in [0, 0.05) is 11.9 Å². The van der Waals surface area contributed by atoms with E-state index >= 15 is 0 Å². The third kappa shape index (κ3) is 3.17. The van der Waals surface area contributed by atoms with Gasteiger partial charge in [-0.25, -0.2) is 0 Å². The minimum atomic E-state index is 0.763. The Labute approximate surface area is 79.7 Å². The van der Waals surface area contributed by atoms with Crippen LogP contribution in [-0.2, 0) is 11.8 Å². The molecular weight excluding hydrogens is 210 g/mol. The lowest BCUT2D eigenvalue weighted by atomic mass is 10.4. The monoisotopic (exact) mass is 218 g/mol. The topological polar surface area (TPSA) is 0 Å². The second kappa shape index (κ2) is 5.22. The Morgan fingerprint density at radius 3 is 2.45 bits per heavy atom. The maximum atomic E-state index is 4.87. The van der Waals surface area contributed by atoms with Gasteiger partial charge >= 0.3 is 0 Å². The number of benzene rings is 1. The van der Waals surface area contributed by atoms with E-state index in [0.717, 1.165) is 15.3 Å². The van der Waals surface area contributed by atoms with Crippen LogP contribution in [0.5, 0.6) is 0 Å². The van der Waals surface area contributed by atoms with Crippen LogP contribution in [0.3, 0.4) is 0 Å². The van der Waals surface area contributed by atoms with Crippen molar-refractivity contribution in [3.05, 3.63) is 24.3 Å². The van der Waals surface area contributed by atoms with E-state index in [1.54, 1.807) is 11.8 Å². The van der Waals surface area contributed by atoms with E-state index in [9.17, 15) is 0 Å². The van der Waals surface area contributed by atoms with Gasteiger partial charge in [0.2, 0.25) is 0 Å². The van der Waals surface area contributed by atoms with Crippen LogP contribution < -0.4 is 5.30 Å². The van der Waals surface area contributed by atoms with E-state index in [0.29, 0.717) is 0 Å². The fraction of sp³-hybridized carbons (Fsp3) is 0.143. The second-order valence-electron chi connectivity index (χ2n) is 1.93. The minimum absolute atomic E-state index is 0.763. The standard InChI is InChI=1S/C7H8P2S2/c1-11-7-4-2-6(3-5-7)8-9-10/h2-5,8H,1H3. The molecule has 1 rings (SSSR count). The summed E-state index contributed by atoms with van der Waals surface area (Å²) in [4.78, 5) is 1.32. The molecule has 1 aromatic carbocycles. The van der Waals surface area contributed by atoms with Crippen molar-refractivity contribution < 1.29 is 0 Å². The van der Waals surface area contributed by atoms with E-state index < -0.39 is 0 Å². The average molecular weight is 218 g/mol. The summed E-state index contributed by atoms with van der Waals surface area (Å²) in [7, 11) is 1.82. The van der Waals surface area contributed by atoms with E-state index in [2.05, 4.69) is 30.5 Å². The smallest absolute Gasteiger partial charge is 0.00695 e. The molecule has 0 amide bonds. The van der Waals surface area contributed by atoms with Crippen LogP contribution in [-0.4, -0.2) is 6.26 Å². The van der Waals surface area contributed by atoms with Crippen molar-refractivity contribution in [2.45, 2.75) is 4.90 Å². The Balaban J connectivity index is 2.74. The number of rotatable bonds is 3. The van der Waals surface area contributed by atoms with Gasteiger partial charge < -0.3 is 0 Å². The molecule has 0 aromatic heterocycles. The predicted octanol–water partition coefficient (Wildman–Crippen LogP) is 3.04. The highest BCUT2D eigenvalue weighted by molar-refractivity contribution is 8.32. The largest absolute Gasteiger partial charge is 0.130 e. The summed E-state index contributed by atoms with van der Waals surface area (Å²) in [5.41, 5.74) is 0. The second-order valence-corrected chi connectivity index (χ2v) is 6.66. The quantitative estimate of drug-likeness (QED) is 0.565. The molecule has 11 heavy (non-hydrogen) atoms. The SMILES string of the molecule is CSc1ccc(PP=S)cc1. The molecule has 0 aliphatic carbocycles. The third-order valence-corrected chi connectivity index (χ3v) is 4.56. The molecule has 0 bridgehead atoms. The van der Waals surface area contributed by atoms with Crippen molar-refractivity contribution >= 4 is 44.2 Å². The Hall–Kier alpha value is 0.520. The molecule has 1 atom stereocenters. The van der Waals surface area contributed by atoms with E-state index in [4.69, 9.17) is 11.8 Å². The lowest BCUT2D eigenvalue weighted by molar-refractivity contribution is 1.49. The maximum Gasteiger partial charge on any atom is 0.00695 e. The van der Waals surface area contributed by atoms with Gasteiger partial charge in [-0.2, -0.15) is 0 Å². The predicted molar refractivity (Wildman–Crippen MR) is 60.5 cm³/mol. The van der Waals surface area contributed by atoms with Crippen molar-refractivity contribution in [2.75, 3.05) is 6.26 Å². The highest BCUT2D eigenvalue weighted by atomic mass is 32.6. The molecule has 0 radical (unpaired) electrons. The van der Waals surface area contributed by atoms with E-state index in [-0.39, 0.29) is 0 Å². The molecule has 0 saturated heterocycles. The molecule has 4 heteroatoms. The van der Waals surface area contributed by atoms with Crippen molar-refractivity contribution in [1.82, 2.24) is 0 Å². The molecule has 0 fully saturated rings. The third-order valence-electron chi connectivity index (χ3n) is 1.26. The fourth-order valence-electron chi connectivity index (χ4n) is 0.718. The first kappa shape index (κ1) is 9.61. The first-order valence-electron chi connectivity index (χ1n) is 3.09. The van der Waals surface area contributed by atoms with Gasteiger partial charge in [-0.05, 0) is 32.0 Å². The molecule has 58 valence electrons. The molecule has 0 aliphatic rings.